The fraction of sp³-hybridized carbons (Fsp3) is 0.400. The summed E-state index contributed by atoms with van der Waals surface area (Å²) < 4.78 is 30.3. The Kier molecular flexibility index (Phi) is 3.71. The first-order valence-corrected chi connectivity index (χ1v) is 4.42. The van der Waals surface area contributed by atoms with Crippen molar-refractivity contribution in [3.8, 4) is 0 Å². The molecule has 0 saturated carbocycles. The second-order valence-corrected chi connectivity index (χ2v) is 3.23. The van der Waals surface area contributed by atoms with E-state index in [1.165, 1.54) is 7.11 Å². The van der Waals surface area contributed by atoms with Crippen molar-refractivity contribution in [1.82, 2.24) is 4.98 Å². The minimum absolute atomic E-state index is 0.0952. The van der Waals surface area contributed by atoms with Crippen molar-refractivity contribution in [2.24, 2.45) is 5.92 Å². The molecule has 0 aliphatic heterocycles. The lowest BCUT2D eigenvalue weighted by atomic mass is 10.0. The summed E-state index contributed by atoms with van der Waals surface area (Å²) in [5.74, 6) is -2.34. The Morgan fingerprint density at radius 2 is 2.27 bits per heavy atom. The number of carbonyl (C=O) groups excluding carboxylic acids is 1. The molecule has 0 spiro atoms. The number of nitrogens with zero attached hydrogens (tertiary/aromatic N) is 1. The van der Waals surface area contributed by atoms with E-state index in [1.807, 2.05) is 0 Å². The molecule has 0 unspecified atom stereocenters. The molecule has 82 valence electrons. The number of methoxy groups -OCH3 is 1. The second-order valence-electron chi connectivity index (χ2n) is 3.23. The van der Waals surface area contributed by atoms with E-state index in [-0.39, 0.29) is 12.0 Å². The number of pyridine rings is 1. The van der Waals surface area contributed by atoms with E-state index in [0.717, 1.165) is 12.3 Å². The molecule has 1 heterocycles. The van der Waals surface area contributed by atoms with Gasteiger partial charge >= 0.3 is 5.97 Å². The Labute approximate surface area is 86.1 Å². The van der Waals surface area contributed by atoms with Crippen LogP contribution in [0.25, 0.3) is 0 Å². The molecule has 0 N–H and O–H groups in total. The zero-order valence-electron chi connectivity index (χ0n) is 8.46. The van der Waals surface area contributed by atoms with E-state index in [4.69, 9.17) is 0 Å². The predicted molar refractivity (Wildman–Crippen MR) is 49.0 cm³/mol. The third-order valence-corrected chi connectivity index (χ3v) is 2.03. The SMILES string of the molecule is COC(=O)[C@@H](C)Cc1cc(F)ncc1F. The summed E-state index contributed by atoms with van der Waals surface area (Å²) in [5.41, 5.74) is 0.125. The van der Waals surface area contributed by atoms with Crippen LogP contribution in [0.5, 0.6) is 0 Å². The van der Waals surface area contributed by atoms with Crippen molar-refractivity contribution < 1.29 is 18.3 Å². The van der Waals surface area contributed by atoms with Crippen LogP contribution in [-0.2, 0) is 16.0 Å². The number of aromatic nitrogens is 1. The molecule has 5 heteroatoms. The zero-order valence-corrected chi connectivity index (χ0v) is 8.46. The standard InChI is InChI=1S/C10H11F2NO2/c1-6(10(14)15-2)3-7-4-9(12)13-5-8(7)11/h4-6H,3H2,1-2H3/t6-/m0/s1. The Morgan fingerprint density at radius 1 is 1.60 bits per heavy atom. The van der Waals surface area contributed by atoms with E-state index >= 15 is 0 Å². The maximum Gasteiger partial charge on any atom is 0.308 e. The normalized spacial score (nSPS) is 12.3. The first kappa shape index (κ1) is 11.6. The highest BCUT2D eigenvalue weighted by Gasteiger charge is 2.16. The van der Waals surface area contributed by atoms with E-state index in [9.17, 15) is 13.6 Å². The molecule has 1 rings (SSSR count). The molecule has 0 amide bonds. The van der Waals surface area contributed by atoms with Gasteiger partial charge in [-0.2, -0.15) is 4.39 Å². The highest BCUT2D eigenvalue weighted by atomic mass is 19.1. The number of hydrogen-bond acceptors (Lipinski definition) is 3. The summed E-state index contributed by atoms with van der Waals surface area (Å²) >= 11 is 0. The molecule has 0 radical (unpaired) electrons. The van der Waals surface area contributed by atoms with Crippen LogP contribution in [0.1, 0.15) is 12.5 Å². The van der Waals surface area contributed by atoms with Crippen LogP contribution in [0.2, 0.25) is 0 Å². The number of carbonyl (C=O) groups is 1. The zero-order chi connectivity index (χ0) is 11.4. The second kappa shape index (κ2) is 4.82. The molecular formula is C10H11F2NO2. The van der Waals surface area contributed by atoms with Crippen LogP contribution in [0.3, 0.4) is 0 Å². The number of halogens is 2. The predicted octanol–water partition coefficient (Wildman–Crippen LogP) is 1.71. The average molecular weight is 215 g/mol. The smallest absolute Gasteiger partial charge is 0.308 e. The van der Waals surface area contributed by atoms with Crippen LogP contribution >= 0.6 is 0 Å². The number of esters is 1. The molecular weight excluding hydrogens is 204 g/mol. The van der Waals surface area contributed by atoms with Gasteiger partial charge in [-0.25, -0.2) is 9.37 Å². The van der Waals surface area contributed by atoms with Crippen molar-refractivity contribution in [3.05, 3.63) is 29.6 Å². The van der Waals surface area contributed by atoms with E-state index in [0.29, 0.717) is 0 Å². The largest absolute Gasteiger partial charge is 0.469 e. The van der Waals surface area contributed by atoms with Crippen molar-refractivity contribution >= 4 is 5.97 Å². The maximum absolute atomic E-state index is 13.1. The third kappa shape index (κ3) is 2.97. The van der Waals surface area contributed by atoms with Crippen molar-refractivity contribution in [3.63, 3.8) is 0 Å². The fourth-order valence-corrected chi connectivity index (χ4v) is 1.22. The number of rotatable bonds is 3. The highest BCUT2D eigenvalue weighted by molar-refractivity contribution is 5.72. The van der Waals surface area contributed by atoms with Gasteiger partial charge in [0.2, 0.25) is 5.95 Å². The summed E-state index contributed by atoms with van der Waals surface area (Å²) in [4.78, 5) is 14.2. The third-order valence-electron chi connectivity index (χ3n) is 2.03. The quantitative estimate of drug-likeness (QED) is 0.569. The van der Waals surface area contributed by atoms with Crippen LogP contribution in [0.15, 0.2) is 12.3 Å². The number of hydrogen-bond donors (Lipinski definition) is 0. The Balaban J connectivity index is 2.80. The summed E-state index contributed by atoms with van der Waals surface area (Å²) in [6.45, 7) is 1.59. The van der Waals surface area contributed by atoms with Gasteiger partial charge in [-0.1, -0.05) is 6.92 Å². The van der Waals surface area contributed by atoms with Gasteiger partial charge in [-0.3, -0.25) is 4.79 Å². The minimum Gasteiger partial charge on any atom is -0.469 e. The monoisotopic (exact) mass is 215 g/mol. The summed E-state index contributed by atoms with van der Waals surface area (Å²) in [6, 6.07) is 0.981. The Hall–Kier alpha value is -1.52. The van der Waals surface area contributed by atoms with Gasteiger partial charge in [0.1, 0.15) is 5.82 Å². The molecule has 1 aromatic rings. The molecule has 15 heavy (non-hydrogen) atoms. The first-order chi connectivity index (χ1) is 7.04. The molecule has 0 fully saturated rings. The molecule has 1 aromatic heterocycles. The number of ether oxygens (including phenoxy) is 1. The maximum atomic E-state index is 13.1. The lowest BCUT2D eigenvalue weighted by Gasteiger charge is -2.09. The minimum atomic E-state index is -0.761. The topological polar surface area (TPSA) is 39.2 Å². The molecule has 3 nitrogen and oxygen atoms in total. The molecule has 0 bridgehead atoms. The summed E-state index contributed by atoms with van der Waals surface area (Å²) in [6.07, 6.45) is 0.895. The van der Waals surface area contributed by atoms with Gasteiger partial charge in [-0.15, -0.1) is 0 Å². The lowest BCUT2D eigenvalue weighted by molar-refractivity contribution is -0.144. The fourth-order valence-electron chi connectivity index (χ4n) is 1.22. The Morgan fingerprint density at radius 3 is 2.87 bits per heavy atom. The Bertz CT molecular complexity index is 368. The average Bonchev–Trinajstić information content (AvgIpc) is 2.22. The lowest BCUT2D eigenvalue weighted by Crippen LogP contribution is -2.16. The molecule has 0 aliphatic rings. The van der Waals surface area contributed by atoms with Gasteiger partial charge in [0.25, 0.3) is 0 Å². The summed E-state index contributed by atoms with van der Waals surface area (Å²) in [5, 5.41) is 0. The van der Waals surface area contributed by atoms with E-state index < -0.39 is 23.7 Å². The van der Waals surface area contributed by atoms with Crippen molar-refractivity contribution in [2.75, 3.05) is 7.11 Å². The van der Waals surface area contributed by atoms with Crippen LogP contribution < -0.4 is 0 Å². The van der Waals surface area contributed by atoms with Gasteiger partial charge < -0.3 is 4.74 Å². The first-order valence-electron chi connectivity index (χ1n) is 4.42. The molecule has 0 aliphatic carbocycles. The van der Waals surface area contributed by atoms with Crippen molar-refractivity contribution in [2.45, 2.75) is 13.3 Å². The summed E-state index contributed by atoms with van der Waals surface area (Å²) in [7, 11) is 1.25. The van der Waals surface area contributed by atoms with E-state index in [1.54, 1.807) is 6.92 Å². The van der Waals surface area contributed by atoms with Crippen LogP contribution in [0, 0.1) is 17.7 Å². The van der Waals surface area contributed by atoms with E-state index in [2.05, 4.69) is 9.72 Å². The molecule has 1 atom stereocenters. The van der Waals surface area contributed by atoms with Gasteiger partial charge in [0, 0.05) is 0 Å². The van der Waals surface area contributed by atoms with Gasteiger partial charge in [0.15, 0.2) is 0 Å². The molecule has 0 saturated heterocycles. The van der Waals surface area contributed by atoms with Crippen molar-refractivity contribution in [1.29, 1.82) is 0 Å². The molecule has 0 aromatic carbocycles. The van der Waals surface area contributed by atoms with Crippen LogP contribution in [-0.4, -0.2) is 18.1 Å². The van der Waals surface area contributed by atoms with Crippen LogP contribution in [0.4, 0.5) is 8.78 Å². The van der Waals surface area contributed by atoms with Gasteiger partial charge in [0.05, 0.1) is 19.2 Å². The highest BCUT2D eigenvalue weighted by Crippen LogP contribution is 2.13. The van der Waals surface area contributed by atoms with Gasteiger partial charge in [-0.05, 0) is 18.1 Å².